The van der Waals surface area contributed by atoms with E-state index in [1.54, 1.807) is 25.1 Å². The molecule has 0 atom stereocenters. The van der Waals surface area contributed by atoms with Gasteiger partial charge in [-0.1, -0.05) is 22.9 Å². The van der Waals surface area contributed by atoms with E-state index in [9.17, 15) is 20.2 Å². The van der Waals surface area contributed by atoms with E-state index >= 15 is 0 Å². The number of benzene rings is 1. The van der Waals surface area contributed by atoms with Gasteiger partial charge in [0.15, 0.2) is 0 Å². The van der Waals surface area contributed by atoms with Crippen LogP contribution in [0, 0.1) is 28.4 Å². The second-order valence-corrected chi connectivity index (χ2v) is 6.20. The molecule has 7 nitrogen and oxygen atoms in total. The van der Waals surface area contributed by atoms with Crippen molar-refractivity contribution < 1.29 is 14.5 Å². The molecule has 0 aliphatic carbocycles. The van der Waals surface area contributed by atoms with Crippen molar-refractivity contribution in [1.82, 2.24) is 0 Å². The van der Waals surface area contributed by atoms with Crippen LogP contribution in [-0.2, 0) is 4.79 Å². The molecule has 0 aliphatic heterocycles. The number of anilines is 1. The molecule has 0 unspecified atom stereocenters. The highest BCUT2D eigenvalue weighted by molar-refractivity contribution is 7.13. The highest BCUT2D eigenvalue weighted by Gasteiger charge is 2.15. The van der Waals surface area contributed by atoms with Gasteiger partial charge in [-0.3, -0.25) is 14.9 Å². The number of nitro groups is 1. The Morgan fingerprint density at radius 1 is 1.48 bits per heavy atom. The number of methoxy groups -OCH3 is 1. The van der Waals surface area contributed by atoms with Crippen LogP contribution in [0.1, 0.15) is 11.1 Å². The largest absolute Gasteiger partial charge is 0.495 e. The van der Waals surface area contributed by atoms with Crippen LogP contribution in [0.3, 0.4) is 0 Å². The third-order valence-corrected chi connectivity index (χ3v) is 4.50. The summed E-state index contributed by atoms with van der Waals surface area (Å²) in [6.45, 7) is 1.77. The lowest BCUT2D eigenvalue weighted by Crippen LogP contribution is -2.14. The van der Waals surface area contributed by atoms with Crippen LogP contribution in [0.5, 0.6) is 5.75 Å². The number of hydrogen-bond donors (Lipinski definition) is 1. The maximum absolute atomic E-state index is 12.3. The molecule has 0 saturated carbocycles. The zero-order valence-corrected chi connectivity index (χ0v) is 14.8. The Kier molecular flexibility index (Phi) is 5.75. The maximum atomic E-state index is 12.3. The molecule has 1 aromatic carbocycles. The second kappa shape index (κ2) is 7.79. The Balaban J connectivity index is 2.29. The predicted octanol–water partition coefficient (Wildman–Crippen LogP) is 4.17. The molecule has 2 aromatic rings. The lowest BCUT2D eigenvalue weighted by atomic mass is 10.1. The smallest absolute Gasteiger partial charge is 0.324 e. The highest BCUT2D eigenvalue weighted by Crippen LogP contribution is 2.31. The van der Waals surface area contributed by atoms with Gasteiger partial charge < -0.3 is 10.1 Å². The average molecular weight is 378 g/mol. The third-order valence-electron chi connectivity index (χ3n) is 3.19. The molecule has 1 heterocycles. The monoisotopic (exact) mass is 377 g/mol. The number of ether oxygens (including phenoxy) is 1. The zero-order chi connectivity index (χ0) is 18.6. The van der Waals surface area contributed by atoms with Crippen LogP contribution in [0.25, 0.3) is 6.08 Å². The Hall–Kier alpha value is -2.89. The zero-order valence-electron chi connectivity index (χ0n) is 13.2. The number of carbonyl (C=O) groups is 1. The van der Waals surface area contributed by atoms with E-state index in [0.29, 0.717) is 22.0 Å². The summed E-state index contributed by atoms with van der Waals surface area (Å²) in [4.78, 5) is 22.5. The van der Waals surface area contributed by atoms with Crippen molar-refractivity contribution in [2.75, 3.05) is 12.4 Å². The van der Waals surface area contributed by atoms with Gasteiger partial charge in [-0.15, -0.1) is 0 Å². The number of nitrogens with zero attached hydrogens (tertiary/aromatic N) is 2. The molecule has 0 fully saturated rings. The van der Waals surface area contributed by atoms with Crippen LogP contribution >= 0.6 is 22.9 Å². The summed E-state index contributed by atoms with van der Waals surface area (Å²) in [5.74, 6) is -0.302. The average Bonchev–Trinajstić information content (AvgIpc) is 3.04. The normalized spacial score (nSPS) is 10.9. The fourth-order valence-corrected chi connectivity index (χ4v) is 2.78. The number of rotatable bonds is 5. The Morgan fingerprint density at radius 3 is 2.76 bits per heavy atom. The van der Waals surface area contributed by atoms with Gasteiger partial charge in [-0.05, 0) is 30.2 Å². The van der Waals surface area contributed by atoms with Gasteiger partial charge in [0.1, 0.15) is 17.4 Å². The molecule has 0 radical (unpaired) electrons. The van der Waals surface area contributed by atoms with Gasteiger partial charge in [0.2, 0.25) is 0 Å². The number of carbonyl (C=O) groups excluding carboxylic acids is 1. The van der Waals surface area contributed by atoms with E-state index in [-0.39, 0.29) is 10.6 Å². The van der Waals surface area contributed by atoms with Gasteiger partial charge in [0.05, 0.1) is 17.7 Å². The number of thiophene rings is 1. The van der Waals surface area contributed by atoms with Crippen LogP contribution in [0.15, 0.2) is 29.2 Å². The molecule has 1 aromatic heterocycles. The molecule has 0 spiro atoms. The molecule has 25 heavy (non-hydrogen) atoms. The number of nitriles is 1. The number of hydrogen-bond acceptors (Lipinski definition) is 6. The van der Waals surface area contributed by atoms with E-state index in [4.69, 9.17) is 16.3 Å². The summed E-state index contributed by atoms with van der Waals surface area (Å²) in [6.07, 6.45) is 1.29. The Morgan fingerprint density at radius 2 is 2.20 bits per heavy atom. The van der Waals surface area contributed by atoms with Crippen LogP contribution in [0.4, 0.5) is 10.7 Å². The minimum absolute atomic E-state index is 0.0704. The number of aryl methyl sites for hydroxylation is 1. The molecular formula is C16H12ClN3O4S. The summed E-state index contributed by atoms with van der Waals surface area (Å²) in [7, 11) is 1.43. The van der Waals surface area contributed by atoms with Gasteiger partial charge in [0.25, 0.3) is 5.91 Å². The molecule has 0 bridgehead atoms. The van der Waals surface area contributed by atoms with Crippen molar-refractivity contribution >= 4 is 45.6 Å². The summed E-state index contributed by atoms with van der Waals surface area (Å²) >= 11 is 6.93. The highest BCUT2D eigenvalue weighted by atomic mass is 35.5. The van der Waals surface area contributed by atoms with Crippen molar-refractivity contribution in [3.63, 3.8) is 0 Å². The van der Waals surface area contributed by atoms with Crippen molar-refractivity contribution in [3.8, 4) is 11.8 Å². The molecule has 1 N–H and O–H groups in total. The molecule has 1 amide bonds. The minimum atomic E-state index is -0.656. The second-order valence-electron chi connectivity index (χ2n) is 4.90. The summed E-state index contributed by atoms with van der Waals surface area (Å²) in [5.41, 5.74) is 1.31. The van der Waals surface area contributed by atoms with Crippen LogP contribution in [-0.4, -0.2) is 17.9 Å². The number of amides is 1. The maximum Gasteiger partial charge on any atom is 0.324 e. The standard InChI is InChI=1S/C16H12ClN3O4S/c1-9-3-13(14(24-2)6-12(9)17)19-16(21)11(7-18)4-10-5-15(20(22)23)25-8-10/h3-6,8H,1-2H3,(H,19,21)/b11-4-. The first-order chi connectivity index (χ1) is 11.8. The third kappa shape index (κ3) is 4.35. The first kappa shape index (κ1) is 18.4. The number of halogens is 1. The Labute approximate surface area is 152 Å². The molecular weight excluding hydrogens is 366 g/mol. The topological polar surface area (TPSA) is 105 Å². The van der Waals surface area contributed by atoms with Crippen LogP contribution in [0.2, 0.25) is 5.02 Å². The lowest BCUT2D eigenvalue weighted by Gasteiger charge is -2.11. The first-order valence-electron chi connectivity index (χ1n) is 6.86. The van der Waals surface area contributed by atoms with E-state index in [0.717, 1.165) is 16.9 Å². The van der Waals surface area contributed by atoms with Gasteiger partial charge in [-0.2, -0.15) is 5.26 Å². The van der Waals surface area contributed by atoms with Crippen LogP contribution < -0.4 is 10.1 Å². The van der Waals surface area contributed by atoms with E-state index in [1.165, 1.54) is 24.6 Å². The van der Waals surface area contributed by atoms with E-state index in [2.05, 4.69) is 5.32 Å². The summed E-state index contributed by atoms with van der Waals surface area (Å²) in [6, 6.07) is 6.27. The fraction of sp³-hybridized carbons (Fsp3) is 0.125. The summed E-state index contributed by atoms with van der Waals surface area (Å²) in [5, 5.41) is 24.4. The minimum Gasteiger partial charge on any atom is -0.495 e. The van der Waals surface area contributed by atoms with Crippen molar-refractivity contribution in [2.24, 2.45) is 0 Å². The van der Waals surface area contributed by atoms with Gasteiger partial charge in [0, 0.05) is 22.5 Å². The molecule has 128 valence electrons. The predicted molar refractivity (Wildman–Crippen MR) is 95.9 cm³/mol. The SMILES string of the molecule is COc1cc(Cl)c(C)cc1NC(=O)/C(C#N)=C\c1csc([N+](=O)[O-])c1. The first-order valence-corrected chi connectivity index (χ1v) is 8.11. The lowest BCUT2D eigenvalue weighted by molar-refractivity contribution is -0.380. The van der Waals surface area contributed by atoms with Gasteiger partial charge >= 0.3 is 5.00 Å². The quantitative estimate of drug-likeness (QED) is 0.364. The fourth-order valence-electron chi connectivity index (χ4n) is 1.95. The molecule has 0 aliphatic rings. The van der Waals surface area contributed by atoms with Gasteiger partial charge in [-0.25, -0.2) is 0 Å². The van der Waals surface area contributed by atoms with Crippen molar-refractivity contribution in [3.05, 3.63) is 55.4 Å². The number of nitrogens with one attached hydrogen (secondary N) is 1. The van der Waals surface area contributed by atoms with Crippen molar-refractivity contribution in [1.29, 1.82) is 5.26 Å². The Bertz CT molecular complexity index is 915. The molecule has 0 saturated heterocycles. The summed E-state index contributed by atoms with van der Waals surface area (Å²) < 4.78 is 5.17. The van der Waals surface area contributed by atoms with E-state index < -0.39 is 10.8 Å². The molecule has 2 rings (SSSR count). The van der Waals surface area contributed by atoms with Crippen molar-refractivity contribution in [2.45, 2.75) is 6.92 Å². The van der Waals surface area contributed by atoms with E-state index in [1.807, 2.05) is 0 Å². The molecule has 9 heteroatoms.